The van der Waals surface area contributed by atoms with Gasteiger partial charge in [-0.05, 0) is 50.5 Å². The van der Waals surface area contributed by atoms with Crippen LogP contribution in [0.25, 0.3) is 10.9 Å². The van der Waals surface area contributed by atoms with Gasteiger partial charge >= 0.3 is 0 Å². The quantitative estimate of drug-likeness (QED) is 0.540. The predicted molar refractivity (Wildman–Crippen MR) is 136 cm³/mol. The molecule has 1 aliphatic heterocycles. The number of fused-ring (bicyclic) bond motifs is 3. The van der Waals surface area contributed by atoms with Gasteiger partial charge in [0.2, 0.25) is 11.8 Å². The van der Waals surface area contributed by atoms with Crippen LogP contribution in [-0.2, 0) is 16.1 Å². The predicted octanol–water partition coefficient (Wildman–Crippen LogP) is 4.77. The molecule has 36 heavy (non-hydrogen) atoms. The van der Waals surface area contributed by atoms with E-state index in [1.54, 1.807) is 22.5 Å². The van der Waals surface area contributed by atoms with Gasteiger partial charge in [-0.3, -0.25) is 14.4 Å². The molecule has 0 unspecified atom stereocenters. The van der Waals surface area contributed by atoms with Gasteiger partial charge in [-0.1, -0.05) is 43.2 Å². The Kier molecular flexibility index (Phi) is 6.06. The number of halogens is 1. The lowest BCUT2D eigenvalue weighted by Crippen LogP contribution is -2.65. The summed E-state index contributed by atoms with van der Waals surface area (Å²) in [5.74, 6) is -1.43. The van der Waals surface area contributed by atoms with Gasteiger partial charge in [-0.25, -0.2) is 4.39 Å². The Hall–Kier alpha value is -3.68. The van der Waals surface area contributed by atoms with E-state index in [1.807, 2.05) is 37.3 Å². The normalized spacial score (nSPS) is 20.9. The van der Waals surface area contributed by atoms with Crippen LogP contribution in [0.15, 0.2) is 48.5 Å². The van der Waals surface area contributed by atoms with Crippen LogP contribution >= 0.6 is 0 Å². The van der Waals surface area contributed by atoms with Crippen LogP contribution in [0.2, 0.25) is 0 Å². The highest BCUT2D eigenvalue weighted by Crippen LogP contribution is 2.42. The Bertz CT molecular complexity index is 1350. The summed E-state index contributed by atoms with van der Waals surface area (Å²) >= 11 is 0. The molecular formula is C28H31FN4O3. The molecule has 2 heterocycles. The van der Waals surface area contributed by atoms with E-state index in [0.717, 1.165) is 31.2 Å². The van der Waals surface area contributed by atoms with E-state index in [2.05, 4.69) is 10.6 Å². The molecule has 3 aromatic rings. The van der Waals surface area contributed by atoms with Crippen molar-refractivity contribution in [3.8, 4) is 0 Å². The Labute approximate surface area is 209 Å². The van der Waals surface area contributed by atoms with Crippen molar-refractivity contribution in [2.75, 3.05) is 5.32 Å². The lowest BCUT2D eigenvalue weighted by atomic mass is 9.90. The number of benzene rings is 2. The number of aromatic nitrogens is 1. The highest BCUT2D eigenvalue weighted by molar-refractivity contribution is 6.14. The van der Waals surface area contributed by atoms with Gasteiger partial charge in [0.15, 0.2) is 0 Å². The zero-order valence-corrected chi connectivity index (χ0v) is 20.8. The SMILES string of the molecule is CC(=O)Nc1c2n(c3ccc(F)cc13)C[C@@](C)(C(=O)NC1CCCC1)N([C@H](C)c1ccccc1)C2=O. The van der Waals surface area contributed by atoms with Crippen molar-refractivity contribution in [3.63, 3.8) is 0 Å². The minimum absolute atomic E-state index is 0.0881. The summed E-state index contributed by atoms with van der Waals surface area (Å²) < 4.78 is 16.0. The van der Waals surface area contributed by atoms with E-state index < -0.39 is 17.4 Å². The summed E-state index contributed by atoms with van der Waals surface area (Å²) in [6.45, 7) is 5.23. The molecule has 5 rings (SSSR count). The monoisotopic (exact) mass is 490 g/mol. The molecule has 1 aromatic heterocycles. The van der Waals surface area contributed by atoms with E-state index in [0.29, 0.717) is 10.9 Å². The van der Waals surface area contributed by atoms with Gasteiger partial charge in [0.25, 0.3) is 5.91 Å². The maximum absolute atomic E-state index is 14.3. The standard InChI is InChI=1S/C28H31FN4O3/c1-17(19-9-5-4-6-10-19)33-26(35)25-24(30-18(2)34)22-15-20(29)13-14-23(22)32(25)16-28(33,3)27(36)31-21-11-7-8-12-21/h4-6,9-10,13-15,17,21H,7-8,11-12,16H2,1-3H3,(H,30,34)(H,31,36)/t17-,28+/m1/s1. The first kappa shape index (κ1) is 24.0. The molecule has 3 amide bonds. The Balaban J connectivity index is 1.69. The van der Waals surface area contributed by atoms with Crippen LogP contribution in [0.5, 0.6) is 0 Å². The van der Waals surface area contributed by atoms with Gasteiger partial charge in [0.1, 0.15) is 17.1 Å². The number of nitrogens with zero attached hydrogens (tertiary/aromatic N) is 2. The van der Waals surface area contributed by atoms with E-state index in [4.69, 9.17) is 0 Å². The molecule has 2 atom stereocenters. The number of hydrogen-bond donors (Lipinski definition) is 2. The highest BCUT2D eigenvalue weighted by Gasteiger charge is 2.51. The van der Waals surface area contributed by atoms with Gasteiger partial charge < -0.3 is 20.1 Å². The van der Waals surface area contributed by atoms with Crippen molar-refractivity contribution in [1.82, 2.24) is 14.8 Å². The van der Waals surface area contributed by atoms with Gasteiger partial charge in [-0.2, -0.15) is 0 Å². The van der Waals surface area contributed by atoms with Gasteiger partial charge in [0, 0.05) is 18.4 Å². The van der Waals surface area contributed by atoms with Gasteiger partial charge in [-0.15, -0.1) is 0 Å². The fourth-order valence-corrected chi connectivity index (χ4v) is 5.81. The zero-order chi connectivity index (χ0) is 25.6. The van der Waals surface area contributed by atoms with Crippen molar-refractivity contribution >= 4 is 34.3 Å². The van der Waals surface area contributed by atoms with Crippen molar-refractivity contribution in [2.45, 2.75) is 70.6 Å². The Morgan fingerprint density at radius 2 is 1.81 bits per heavy atom. The lowest BCUT2D eigenvalue weighted by Gasteiger charge is -2.47. The summed E-state index contributed by atoms with van der Waals surface area (Å²) in [5, 5.41) is 6.38. The number of anilines is 1. The zero-order valence-electron chi connectivity index (χ0n) is 20.8. The maximum Gasteiger partial charge on any atom is 0.274 e. The van der Waals surface area contributed by atoms with Crippen LogP contribution in [0.3, 0.4) is 0 Å². The first-order valence-corrected chi connectivity index (χ1v) is 12.5. The molecule has 0 bridgehead atoms. The van der Waals surface area contributed by atoms with E-state index >= 15 is 0 Å². The summed E-state index contributed by atoms with van der Waals surface area (Å²) in [4.78, 5) is 42.0. The van der Waals surface area contributed by atoms with Crippen LogP contribution < -0.4 is 10.6 Å². The summed E-state index contributed by atoms with van der Waals surface area (Å²) in [5.41, 5.74) is 0.790. The van der Waals surface area contributed by atoms with Crippen LogP contribution in [0, 0.1) is 5.82 Å². The number of rotatable bonds is 5. The number of hydrogen-bond acceptors (Lipinski definition) is 3. The summed E-state index contributed by atoms with van der Waals surface area (Å²) in [6, 6.07) is 13.5. The smallest absolute Gasteiger partial charge is 0.274 e. The first-order valence-electron chi connectivity index (χ1n) is 12.5. The van der Waals surface area contributed by atoms with E-state index in [1.165, 1.54) is 19.1 Å². The highest BCUT2D eigenvalue weighted by atomic mass is 19.1. The lowest BCUT2D eigenvalue weighted by molar-refractivity contribution is -0.134. The molecule has 1 aliphatic carbocycles. The molecule has 188 valence electrons. The average Bonchev–Trinajstić information content (AvgIpc) is 3.45. The number of nitrogens with one attached hydrogen (secondary N) is 2. The number of amides is 3. The fraction of sp³-hybridized carbons (Fsp3) is 0.393. The summed E-state index contributed by atoms with van der Waals surface area (Å²) in [6.07, 6.45) is 3.99. The second kappa shape index (κ2) is 9.08. The maximum atomic E-state index is 14.3. The first-order chi connectivity index (χ1) is 17.2. The van der Waals surface area contributed by atoms with E-state index in [-0.39, 0.29) is 41.7 Å². The second-order valence-electron chi connectivity index (χ2n) is 10.1. The third kappa shape index (κ3) is 3.94. The molecule has 1 saturated carbocycles. The Morgan fingerprint density at radius 1 is 1.11 bits per heavy atom. The minimum Gasteiger partial charge on any atom is -0.351 e. The topological polar surface area (TPSA) is 83.4 Å². The molecule has 0 spiro atoms. The molecule has 7 nitrogen and oxygen atoms in total. The third-order valence-electron chi connectivity index (χ3n) is 7.59. The fourth-order valence-electron chi connectivity index (χ4n) is 5.81. The van der Waals surface area contributed by atoms with Crippen molar-refractivity contribution < 1.29 is 18.8 Å². The second-order valence-corrected chi connectivity index (χ2v) is 10.1. The Morgan fingerprint density at radius 3 is 2.47 bits per heavy atom. The molecule has 8 heteroatoms. The summed E-state index contributed by atoms with van der Waals surface area (Å²) in [7, 11) is 0. The minimum atomic E-state index is -1.21. The number of carbonyl (C=O) groups is 3. The van der Waals surface area contributed by atoms with Crippen molar-refractivity contribution in [3.05, 3.63) is 65.6 Å². The molecule has 2 aromatic carbocycles. The number of carbonyl (C=O) groups excluding carboxylic acids is 3. The third-order valence-corrected chi connectivity index (χ3v) is 7.59. The molecule has 2 N–H and O–H groups in total. The molecule has 1 fully saturated rings. The molecule has 0 saturated heterocycles. The molecular weight excluding hydrogens is 459 g/mol. The largest absolute Gasteiger partial charge is 0.351 e. The van der Waals surface area contributed by atoms with Crippen LogP contribution in [-0.4, -0.2) is 38.8 Å². The van der Waals surface area contributed by atoms with Gasteiger partial charge in [0.05, 0.1) is 23.8 Å². The average molecular weight is 491 g/mol. The molecule has 2 aliphatic rings. The molecule has 0 radical (unpaired) electrons. The van der Waals surface area contributed by atoms with Crippen LogP contribution in [0.1, 0.15) is 68.5 Å². The van der Waals surface area contributed by atoms with Crippen molar-refractivity contribution in [2.24, 2.45) is 0 Å². The van der Waals surface area contributed by atoms with Crippen LogP contribution in [0.4, 0.5) is 10.1 Å². The van der Waals surface area contributed by atoms with Crippen molar-refractivity contribution in [1.29, 1.82) is 0 Å². The van der Waals surface area contributed by atoms with E-state index in [9.17, 15) is 18.8 Å².